The van der Waals surface area contributed by atoms with Crippen LogP contribution in [0.2, 0.25) is 13.1 Å². The minimum absolute atomic E-state index is 0.0442. The summed E-state index contributed by atoms with van der Waals surface area (Å²) in [6, 6.07) is 0. The van der Waals surface area contributed by atoms with Crippen molar-refractivity contribution in [1.29, 1.82) is 0 Å². The lowest BCUT2D eigenvalue weighted by Gasteiger charge is -2.34. The lowest BCUT2D eigenvalue weighted by Crippen LogP contribution is -2.37. The Morgan fingerprint density at radius 3 is 2.25 bits per heavy atom. The number of aliphatic hydroxyl groups is 1. The molecule has 0 aromatic heterocycles. The Bertz CT molecular complexity index is 259. The van der Waals surface area contributed by atoms with Gasteiger partial charge in [-0.05, 0) is 49.1 Å². The maximum absolute atomic E-state index is 9.91. The Hall–Kier alpha value is 0.137. The molecule has 0 aromatic rings. The summed E-state index contributed by atoms with van der Waals surface area (Å²) in [4.78, 5) is 0. The third-order valence-electron chi connectivity index (χ3n) is 4.15. The molecule has 2 aliphatic rings. The summed E-state index contributed by atoms with van der Waals surface area (Å²) < 4.78 is 6.25. The summed E-state index contributed by atoms with van der Waals surface area (Å²) in [6.45, 7) is 11.3. The first-order chi connectivity index (χ1) is 7.32. The van der Waals surface area contributed by atoms with E-state index < -0.39 is 9.04 Å². The highest BCUT2D eigenvalue weighted by Crippen LogP contribution is 2.61. The molecule has 0 aromatic carbocycles. The van der Waals surface area contributed by atoms with E-state index in [1.165, 1.54) is 6.42 Å². The highest BCUT2D eigenvalue weighted by atomic mass is 28.3. The maximum atomic E-state index is 9.91. The fraction of sp³-hybridized carbons (Fsp3) is 1.00. The molecule has 0 spiro atoms. The predicted molar refractivity (Wildman–Crippen MR) is 68.9 cm³/mol. The van der Waals surface area contributed by atoms with Gasteiger partial charge in [0, 0.05) is 0 Å². The maximum Gasteiger partial charge on any atom is 0.171 e. The van der Waals surface area contributed by atoms with Gasteiger partial charge in [0.25, 0.3) is 0 Å². The normalized spacial score (nSPS) is 39.9. The van der Waals surface area contributed by atoms with Gasteiger partial charge in [-0.1, -0.05) is 20.8 Å². The molecule has 2 rings (SSSR count). The van der Waals surface area contributed by atoms with Crippen molar-refractivity contribution in [1.82, 2.24) is 0 Å². The molecule has 0 amide bonds. The predicted octanol–water partition coefficient (Wildman–Crippen LogP) is 2.42. The Morgan fingerprint density at radius 1 is 1.25 bits per heavy atom. The average Bonchev–Trinajstić information content (AvgIpc) is 2.70. The second-order valence-electron chi connectivity index (χ2n) is 6.93. The van der Waals surface area contributed by atoms with E-state index in [4.69, 9.17) is 4.43 Å². The number of aliphatic hydroxyl groups excluding tert-OH is 1. The summed E-state index contributed by atoms with van der Waals surface area (Å²) in [5.74, 6) is 1.95. The van der Waals surface area contributed by atoms with E-state index in [0.717, 1.165) is 12.3 Å². The van der Waals surface area contributed by atoms with Crippen LogP contribution < -0.4 is 0 Å². The van der Waals surface area contributed by atoms with Crippen molar-refractivity contribution in [3.05, 3.63) is 0 Å². The number of hydrogen-bond donors (Lipinski definition) is 1. The zero-order valence-corrected chi connectivity index (χ0v) is 12.4. The van der Waals surface area contributed by atoms with Gasteiger partial charge in [0.1, 0.15) is 0 Å². The van der Waals surface area contributed by atoms with Crippen molar-refractivity contribution in [3.8, 4) is 0 Å². The van der Waals surface area contributed by atoms with Crippen LogP contribution in [0.3, 0.4) is 0 Å². The van der Waals surface area contributed by atoms with Crippen molar-refractivity contribution in [2.75, 3.05) is 0 Å². The summed E-state index contributed by atoms with van der Waals surface area (Å²) in [5.41, 5.74) is 0.214. The van der Waals surface area contributed by atoms with Crippen LogP contribution in [0.5, 0.6) is 0 Å². The van der Waals surface area contributed by atoms with Crippen LogP contribution in [-0.2, 0) is 4.43 Å². The SMILES string of the molecule is C[SiH](C)OC(C1C2CCC(O)C21)C(C)(C)C. The second kappa shape index (κ2) is 4.11. The van der Waals surface area contributed by atoms with Crippen LogP contribution in [-0.4, -0.2) is 26.4 Å². The average molecular weight is 242 g/mol. The molecule has 0 heterocycles. The Balaban J connectivity index is 2.04. The van der Waals surface area contributed by atoms with Gasteiger partial charge in [-0.3, -0.25) is 0 Å². The quantitative estimate of drug-likeness (QED) is 0.770. The monoisotopic (exact) mass is 242 g/mol. The number of hydrogen-bond acceptors (Lipinski definition) is 2. The van der Waals surface area contributed by atoms with Crippen LogP contribution >= 0.6 is 0 Å². The van der Waals surface area contributed by atoms with E-state index in [0.29, 0.717) is 17.9 Å². The molecule has 2 saturated carbocycles. The van der Waals surface area contributed by atoms with Crippen LogP contribution in [0.1, 0.15) is 33.6 Å². The van der Waals surface area contributed by atoms with Gasteiger partial charge in [-0.25, -0.2) is 0 Å². The van der Waals surface area contributed by atoms with Crippen LogP contribution in [0.25, 0.3) is 0 Å². The molecule has 2 aliphatic carbocycles. The third kappa shape index (κ3) is 2.22. The van der Waals surface area contributed by atoms with Gasteiger partial charge in [-0.2, -0.15) is 0 Å². The molecule has 3 heteroatoms. The van der Waals surface area contributed by atoms with Gasteiger partial charge in [0.05, 0.1) is 12.2 Å². The van der Waals surface area contributed by atoms with Crippen LogP contribution in [0.4, 0.5) is 0 Å². The molecule has 1 N–H and O–H groups in total. The Morgan fingerprint density at radius 2 is 1.88 bits per heavy atom. The van der Waals surface area contributed by atoms with E-state index in [2.05, 4.69) is 33.9 Å². The molecule has 0 saturated heterocycles. The fourth-order valence-electron chi connectivity index (χ4n) is 3.50. The minimum atomic E-state index is -0.988. The van der Waals surface area contributed by atoms with Crippen molar-refractivity contribution >= 4 is 9.04 Å². The van der Waals surface area contributed by atoms with E-state index >= 15 is 0 Å². The topological polar surface area (TPSA) is 29.5 Å². The molecule has 2 fully saturated rings. The number of fused-ring (bicyclic) bond motifs is 1. The minimum Gasteiger partial charge on any atom is -0.417 e. The first-order valence-corrected chi connectivity index (χ1v) is 9.44. The van der Waals surface area contributed by atoms with Gasteiger partial charge < -0.3 is 9.53 Å². The molecule has 0 aliphatic heterocycles. The van der Waals surface area contributed by atoms with E-state index in [-0.39, 0.29) is 11.5 Å². The van der Waals surface area contributed by atoms with Crippen molar-refractivity contribution in [2.45, 2.75) is 58.9 Å². The molecular formula is C13H26O2Si. The highest BCUT2D eigenvalue weighted by molar-refractivity contribution is 6.48. The zero-order chi connectivity index (χ0) is 12.1. The van der Waals surface area contributed by atoms with Gasteiger partial charge in [0.2, 0.25) is 0 Å². The summed E-state index contributed by atoms with van der Waals surface area (Å²) in [5, 5.41) is 9.91. The molecule has 0 bridgehead atoms. The number of rotatable bonds is 3. The van der Waals surface area contributed by atoms with Crippen LogP contribution in [0, 0.1) is 23.2 Å². The van der Waals surface area contributed by atoms with Gasteiger partial charge in [-0.15, -0.1) is 0 Å². The molecule has 2 nitrogen and oxygen atoms in total. The lowest BCUT2D eigenvalue weighted by molar-refractivity contribution is 0.0400. The summed E-state index contributed by atoms with van der Waals surface area (Å²) in [7, 11) is -0.988. The first kappa shape index (κ1) is 12.6. The molecule has 5 atom stereocenters. The van der Waals surface area contributed by atoms with E-state index in [1.54, 1.807) is 0 Å². The molecule has 0 radical (unpaired) electrons. The first-order valence-electron chi connectivity index (χ1n) is 6.66. The Labute approximate surface area is 101 Å². The summed E-state index contributed by atoms with van der Waals surface area (Å²) in [6.07, 6.45) is 2.55. The fourth-order valence-corrected chi connectivity index (χ4v) is 4.68. The van der Waals surface area contributed by atoms with Gasteiger partial charge >= 0.3 is 0 Å². The third-order valence-corrected chi connectivity index (χ3v) is 4.99. The molecule has 5 unspecified atom stereocenters. The second-order valence-corrected chi connectivity index (χ2v) is 9.30. The van der Waals surface area contributed by atoms with Crippen molar-refractivity contribution < 1.29 is 9.53 Å². The molecule has 94 valence electrons. The summed E-state index contributed by atoms with van der Waals surface area (Å²) >= 11 is 0. The van der Waals surface area contributed by atoms with Crippen LogP contribution in [0.15, 0.2) is 0 Å². The smallest absolute Gasteiger partial charge is 0.171 e. The largest absolute Gasteiger partial charge is 0.417 e. The van der Waals surface area contributed by atoms with Crippen molar-refractivity contribution in [2.24, 2.45) is 23.2 Å². The van der Waals surface area contributed by atoms with Crippen molar-refractivity contribution in [3.63, 3.8) is 0 Å². The zero-order valence-electron chi connectivity index (χ0n) is 11.2. The molecule has 16 heavy (non-hydrogen) atoms. The molecular weight excluding hydrogens is 216 g/mol. The highest BCUT2D eigenvalue weighted by Gasteiger charge is 2.62. The van der Waals surface area contributed by atoms with E-state index in [1.807, 2.05) is 0 Å². The van der Waals surface area contributed by atoms with E-state index in [9.17, 15) is 5.11 Å². The standard InChI is InChI=1S/C13H26O2Si/c1-13(2,3)12(15-16(4)5)11-8-6-7-9(14)10(8)11/h8-12,14,16H,6-7H2,1-5H3. The Kier molecular flexibility index (Phi) is 3.23. The lowest BCUT2D eigenvalue weighted by atomic mass is 9.84. The van der Waals surface area contributed by atoms with Gasteiger partial charge in [0.15, 0.2) is 9.04 Å².